The molecule has 0 saturated carbocycles. The molecule has 0 aliphatic carbocycles. The largest absolute Gasteiger partial charge is 0.385 e. The lowest BCUT2D eigenvalue weighted by Gasteiger charge is -2.10. The standard InChI is InChI=1S/C12H20ClN3O/c1-9-10(2)12(16-15-11(9)13)14-7-5-4-6-8-17-3/h4-8H2,1-3H3,(H,14,16). The fourth-order valence-corrected chi connectivity index (χ4v) is 1.68. The number of hydrogen-bond donors (Lipinski definition) is 1. The van der Waals surface area contributed by atoms with E-state index in [9.17, 15) is 0 Å². The molecule has 17 heavy (non-hydrogen) atoms. The Balaban J connectivity index is 2.35. The van der Waals surface area contributed by atoms with Gasteiger partial charge in [0.2, 0.25) is 0 Å². The van der Waals surface area contributed by atoms with Crippen LogP contribution >= 0.6 is 11.6 Å². The Morgan fingerprint density at radius 1 is 1.12 bits per heavy atom. The van der Waals surface area contributed by atoms with Gasteiger partial charge in [0.25, 0.3) is 0 Å². The van der Waals surface area contributed by atoms with Crippen LogP contribution in [0.2, 0.25) is 5.15 Å². The first-order valence-corrected chi connectivity index (χ1v) is 6.26. The summed E-state index contributed by atoms with van der Waals surface area (Å²) in [5.41, 5.74) is 2.06. The maximum Gasteiger partial charge on any atom is 0.155 e. The van der Waals surface area contributed by atoms with Gasteiger partial charge in [-0.1, -0.05) is 11.6 Å². The summed E-state index contributed by atoms with van der Waals surface area (Å²) in [6.07, 6.45) is 3.36. The predicted molar refractivity (Wildman–Crippen MR) is 70.7 cm³/mol. The van der Waals surface area contributed by atoms with Crippen LogP contribution in [-0.2, 0) is 4.74 Å². The Morgan fingerprint density at radius 3 is 2.59 bits per heavy atom. The minimum atomic E-state index is 0.480. The lowest BCUT2D eigenvalue weighted by molar-refractivity contribution is 0.192. The Morgan fingerprint density at radius 2 is 1.88 bits per heavy atom. The summed E-state index contributed by atoms with van der Waals surface area (Å²) in [5, 5.41) is 11.7. The average Bonchev–Trinajstić information content (AvgIpc) is 2.33. The molecular weight excluding hydrogens is 238 g/mol. The highest BCUT2D eigenvalue weighted by molar-refractivity contribution is 6.30. The number of ether oxygens (including phenoxy) is 1. The molecule has 1 aromatic heterocycles. The third kappa shape index (κ3) is 4.48. The van der Waals surface area contributed by atoms with Gasteiger partial charge in [0, 0.05) is 20.3 Å². The number of hydrogen-bond acceptors (Lipinski definition) is 4. The van der Waals surface area contributed by atoms with Crippen LogP contribution in [0.3, 0.4) is 0 Å². The SMILES string of the molecule is COCCCCCNc1nnc(Cl)c(C)c1C. The predicted octanol–water partition coefficient (Wildman–Crippen LogP) is 2.98. The highest BCUT2D eigenvalue weighted by Gasteiger charge is 2.06. The molecule has 0 aromatic carbocycles. The molecule has 4 nitrogen and oxygen atoms in total. The van der Waals surface area contributed by atoms with Crippen molar-refractivity contribution in [2.75, 3.05) is 25.6 Å². The van der Waals surface area contributed by atoms with Crippen LogP contribution in [-0.4, -0.2) is 30.5 Å². The van der Waals surface area contributed by atoms with Crippen LogP contribution in [0.25, 0.3) is 0 Å². The van der Waals surface area contributed by atoms with E-state index in [2.05, 4.69) is 15.5 Å². The van der Waals surface area contributed by atoms with Gasteiger partial charge in [-0.3, -0.25) is 0 Å². The molecule has 5 heteroatoms. The Kier molecular flexibility index (Phi) is 6.22. The average molecular weight is 258 g/mol. The summed E-state index contributed by atoms with van der Waals surface area (Å²) in [5.74, 6) is 0.832. The maximum absolute atomic E-state index is 5.89. The van der Waals surface area contributed by atoms with Crippen molar-refractivity contribution < 1.29 is 4.74 Å². The molecule has 0 amide bonds. The van der Waals surface area contributed by atoms with Crippen molar-refractivity contribution in [3.05, 3.63) is 16.3 Å². The summed E-state index contributed by atoms with van der Waals surface area (Å²) < 4.78 is 5.00. The number of anilines is 1. The fourth-order valence-electron chi connectivity index (χ4n) is 1.50. The topological polar surface area (TPSA) is 47.0 Å². The van der Waals surface area contributed by atoms with Gasteiger partial charge < -0.3 is 10.1 Å². The molecule has 0 saturated heterocycles. The van der Waals surface area contributed by atoms with Crippen LogP contribution in [0.1, 0.15) is 30.4 Å². The van der Waals surface area contributed by atoms with Gasteiger partial charge in [-0.05, 0) is 44.2 Å². The summed E-state index contributed by atoms with van der Waals surface area (Å²) in [6, 6.07) is 0. The van der Waals surface area contributed by atoms with Gasteiger partial charge in [-0.2, -0.15) is 0 Å². The summed E-state index contributed by atoms with van der Waals surface area (Å²) in [7, 11) is 1.73. The number of rotatable bonds is 7. The highest BCUT2D eigenvalue weighted by atomic mass is 35.5. The molecule has 0 aliphatic rings. The van der Waals surface area contributed by atoms with E-state index in [0.29, 0.717) is 5.15 Å². The number of aromatic nitrogens is 2. The molecule has 1 N–H and O–H groups in total. The van der Waals surface area contributed by atoms with E-state index in [0.717, 1.165) is 49.4 Å². The van der Waals surface area contributed by atoms with Crippen LogP contribution < -0.4 is 5.32 Å². The van der Waals surface area contributed by atoms with Gasteiger partial charge >= 0.3 is 0 Å². The molecule has 0 atom stereocenters. The van der Waals surface area contributed by atoms with Crippen LogP contribution in [0.15, 0.2) is 0 Å². The molecule has 0 bridgehead atoms. The normalized spacial score (nSPS) is 10.6. The van der Waals surface area contributed by atoms with E-state index >= 15 is 0 Å². The number of methoxy groups -OCH3 is 1. The van der Waals surface area contributed by atoms with E-state index in [4.69, 9.17) is 16.3 Å². The maximum atomic E-state index is 5.89. The minimum absolute atomic E-state index is 0.480. The molecule has 0 radical (unpaired) electrons. The lowest BCUT2D eigenvalue weighted by atomic mass is 10.2. The van der Waals surface area contributed by atoms with Crippen molar-refractivity contribution >= 4 is 17.4 Å². The Labute approximate surface area is 108 Å². The highest BCUT2D eigenvalue weighted by Crippen LogP contribution is 2.20. The molecule has 1 heterocycles. The van der Waals surface area contributed by atoms with E-state index in [-0.39, 0.29) is 0 Å². The lowest BCUT2D eigenvalue weighted by Crippen LogP contribution is -2.07. The van der Waals surface area contributed by atoms with E-state index in [1.165, 1.54) is 0 Å². The van der Waals surface area contributed by atoms with Crippen LogP contribution in [0.5, 0.6) is 0 Å². The zero-order chi connectivity index (χ0) is 12.7. The van der Waals surface area contributed by atoms with Crippen molar-refractivity contribution in [3.8, 4) is 0 Å². The molecule has 96 valence electrons. The van der Waals surface area contributed by atoms with Crippen molar-refractivity contribution in [3.63, 3.8) is 0 Å². The summed E-state index contributed by atoms with van der Waals surface area (Å²) >= 11 is 5.89. The smallest absolute Gasteiger partial charge is 0.155 e. The van der Waals surface area contributed by atoms with E-state index in [1.54, 1.807) is 7.11 Å². The van der Waals surface area contributed by atoms with Crippen LogP contribution in [0, 0.1) is 13.8 Å². The Hall–Kier alpha value is -0.870. The van der Waals surface area contributed by atoms with Gasteiger partial charge in [0.1, 0.15) is 0 Å². The summed E-state index contributed by atoms with van der Waals surface area (Å²) in [6.45, 7) is 5.69. The molecule has 0 unspecified atom stereocenters. The zero-order valence-corrected chi connectivity index (χ0v) is 11.5. The number of nitrogens with one attached hydrogen (secondary N) is 1. The van der Waals surface area contributed by atoms with Crippen molar-refractivity contribution in [2.24, 2.45) is 0 Å². The molecule has 0 fully saturated rings. The molecule has 1 aromatic rings. The van der Waals surface area contributed by atoms with Gasteiger partial charge in [0.05, 0.1) is 0 Å². The minimum Gasteiger partial charge on any atom is -0.385 e. The first kappa shape index (κ1) is 14.2. The number of halogens is 1. The molecular formula is C12H20ClN3O. The van der Waals surface area contributed by atoms with E-state index in [1.807, 2.05) is 13.8 Å². The third-order valence-electron chi connectivity index (χ3n) is 2.78. The second-order valence-electron chi connectivity index (χ2n) is 4.07. The molecule has 0 aliphatic heterocycles. The second-order valence-corrected chi connectivity index (χ2v) is 4.43. The van der Waals surface area contributed by atoms with Crippen molar-refractivity contribution in [2.45, 2.75) is 33.1 Å². The molecule has 0 spiro atoms. The van der Waals surface area contributed by atoms with Gasteiger partial charge in [0.15, 0.2) is 11.0 Å². The van der Waals surface area contributed by atoms with Crippen molar-refractivity contribution in [1.82, 2.24) is 10.2 Å². The first-order chi connectivity index (χ1) is 8.16. The number of nitrogens with zero attached hydrogens (tertiary/aromatic N) is 2. The van der Waals surface area contributed by atoms with E-state index < -0.39 is 0 Å². The monoisotopic (exact) mass is 257 g/mol. The fraction of sp³-hybridized carbons (Fsp3) is 0.667. The van der Waals surface area contributed by atoms with Crippen molar-refractivity contribution in [1.29, 1.82) is 0 Å². The summed E-state index contributed by atoms with van der Waals surface area (Å²) in [4.78, 5) is 0. The molecule has 1 rings (SSSR count). The first-order valence-electron chi connectivity index (χ1n) is 5.89. The number of unbranched alkanes of at least 4 members (excludes halogenated alkanes) is 2. The van der Waals surface area contributed by atoms with Crippen LogP contribution in [0.4, 0.5) is 5.82 Å². The van der Waals surface area contributed by atoms with Gasteiger partial charge in [-0.15, -0.1) is 10.2 Å². The second kappa shape index (κ2) is 7.45. The quantitative estimate of drug-likeness (QED) is 0.763. The third-order valence-corrected chi connectivity index (χ3v) is 3.14. The zero-order valence-electron chi connectivity index (χ0n) is 10.7. The Bertz CT molecular complexity index is 358. The van der Waals surface area contributed by atoms with Gasteiger partial charge in [-0.25, -0.2) is 0 Å².